The lowest BCUT2D eigenvalue weighted by Gasteiger charge is -2.19. The van der Waals surface area contributed by atoms with Crippen molar-refractivity contribution < 1.29 is 14.6 Å². The molecule has 23 heavy (non-hydrogen) atoms. The number of ether oxygens (including phenoxy) is 2. The maximum Gasteiger partial charge on any atom is 0.118 e. The molecule has 126 valence electrons. The molecule has 0 aliphatic heterocycles. The maximum atomic E-state index is 9.08. The Morgan fingerprint density at radius 2 is 1.43 bits per heavy atom. The molecule has 4 nitrogen and oxygen atoms in total. The molecule has 0 saturated carbocycles. The van der Waals surface area contributed by atoms with Gasteiger partial charge in [0.05, 0.1) is 20.8 Å². The molecule has 0 aliphatic carbocycles. The molecule has 0 spiro atoms. The first-order chi connectivity index (χ1) is 10.8. The van der Waals surface area contributed by atoms with Crippen molar-refractivity contribution in [3.8, 4) is 11.5 Å². The van der Waals surface area contributed by atoms with E-state index < -0.39 is 0 Å². The predicted octanol–water partition coefficient (Wildman–Crippen LogP) is 2.99. The summed E-state index contributed by atoms with van der Waals surface area (Å²) >= 11 is 0. The topological polar surface area (TPSA) is 50.7 Å². The number of halogens is 1. The summed E-state index contributed by atoms with van der Waals surface area (Å²) in [6.45, 7) is 0.683. The van der Waals surface area contributed by atoms with Crippen molar-refractivity contribution in [1.82, 2.24) is 5.32 Å². The molecule has 2 N–H and O–H groups in total. The second-order valence-electron chi connectivity index (χ2n) is 5.06. The van der Waals surface area contributed by atoms with Gasteiger partial charge in [0.1, 0.15) is 11.5 Å². The molecule has 2 rings (SSSR count). The van der Waals surface area contributed by atoms with Crippen LogP contribution < -0.4 is 14.8 Å². The van der Waals surface area contributed by atoms with Crippen LogP contribution >= 0.6 is 12.4 Å². The zero-order valence-corrected chi connectivity index (χ0v) is 14.3. The fraction of sp³-hybridized carbons (Fsp3) is 0.333. The highest BCUT2D eigenvalue weighted by molar-refractivity contribution is 5.85. The van der Waals surface area contributed by atoms with Gasteiger partial charge in [0.15, 0.2) is 0 Å². The molecule has 0 fully saturated rings. The second kappa shape index (κ2) is 10.1. The fourth-order valence-electron chi connectivity index (χ4n) is 2.38. The lowest BCUT2D eigenvalue weighted by Crippen LogP contribution is -2.26. The van der Waals surface area contributed by atoms with E-state index in [2.05, 4.69) is 29.6 Å². The molecule has 0 aromatic heterocycles. The van der Waals surface area contributed by atoms with Crippen molar-refractivity contribution >= 4 is 12.4 Å². The quantitative estimate of drug-likeness (QED) is 0.777. The number of hydrogen-bond acceptors (Lipinski definition) is 4. The van der Waals surface area contributed by atoms with E-state index in [1.807, 2.05) is 24.3 Å². The average Bonchev–Trinajstić information content (AvgIpc) is 2.59. The maximum absolute atomic E-state index is 9.08. The molecular weight excluding hydrogens is 314 g/mol. The number of methoxy groups -OCH3 is 2. The van der Waals surface area contributed by atoms with Crippen LogP contribution in [0.1, 0.15) is 17.2 Å². The third-order valence-electron chi connectivity index (χ3n) is 3.62. The number of nitrogens with one attached hydrogen (secondary N) is 1. The third kappa shape index (κ3) is 5.75. The summed E-state index contributed by atoms with van der Waals surface area (Å²) in [6, 6.07) is 16.2. The summed E-state index contributed by atoms with van der Waals surface area (Å²) in [4.78, 5) is 0. The largest absolute Gasteiger partial charge is 0.497 e. The highest BCUT2D eigenvalue weighted by Crippen LogP contribution is 2.22. The van der Waals surface area contributed by atoms with Crippen molar-refractivity contribution in [2.24, 2.45) is 0 Å². The minimum absolute atomic E-state index is 0. The van der Waals surface area contributed by atoms with Crippen LogP contribution in [-0.2, 0) is 6.42 Å². The molecular formula is C18H24ClNO3. The molecule has 0 saturated heterocycles. The van der Waals surface area contributed by atoms with E-state index in [1.165, 1.54) is 11.1 Å². The lowest BCUT2D eigenvalue weighted by molar-refractivity contribution is 0.284. The van der Waals surface area contributed by atoms with Gasteiger partial charge in [0.25, 0.3) is 0 Å². The van der Waals surface area contributed by atoms with Crippen LogP contribution in [0.3, 0.4) is 0 Å². The molecule has 0 heterocycles. The van der Waals surface area contributed by atoms with Crippen LogP contribution in [-0.4, -0.2) is 32.5 Å². The minimum atomic E-state index is 0. The first kappa shape index (κ1) is 19.3. The summed E-state index contributed by atoms with van der Waals surface area (Å²) in [5.74, 6) is 1.70. The Kier molecular flexibility index (Phi) is 8.48. The Hall–Kier alpha value is -1.75. The van der Waals surface area contributed by atoms with E-state index in [0.717, 1.165) is 17.9 Å². The van der Waals surface area contributed by atoms with E-state index in [0.29, 0.717) is 6.54 Å². The molecule has 2 aromatic rings. The lowest BCUT2D eigenvalue weighted by atomic mass is 9.98. The summed E-state index contributed by atoms with van der Waals surface area (Å²) in [7, 11) is 3.33. The van der Waals surface area contributed by atoms with Crippen LogP contribution in [0.4, 0.5) is 0 Å². The van der Waals surface area contributed by atoms with Gasteiger partial charge in [-0.3, -0.25) is 0 Å². The van der Waals surface area contributed by atoms with E-state index in [-0.39, 0.29) is 25.1 Å². The van der Waals surface area contributed by atoms with E-state index >= 15 is 0 Å². The number of hydrogen-bond donors (Lipinski definition) is 2. The SMILES string of the molecule is COc1ccc(CC(NCCO)c2ccc(OC)cc2)cc1.Cl. The Balaban J connectivity index is 0.00000264. The van der Waals surface area contributed by atoms with Crippen molar-refractivity contribution in [1.29, 1.82) is 0 Å². The van der Waals surface area contributed by atoms with Gasteiger partial charge in [-0.2, -0.15) is 0 Å². The molecule has 2 aromatic carbocycles. The molecule has 1 unspecified atom stereocenters. The zero-order valence-electron chi connectivity index (χ0n) is 13.5. The Morgan fingerprint density at radius 3 is 1.91 bits per heavy atom. The second-order valence-corrected chi connectivity index (χ2v) is 5.06. The van der Waals surface area contributed by atoms with Crippen LogP contribution in [0, 0.1) is 0 Å². The molecule has 1 atom stereocenters. The summed E-state index contributed by atoms with van der Waals surface area (Å²) < 4.78 is 10.4. The van der Waals surface area contributed by atoms with Gasteiger partial charge in [-0.15, -0.1) is 12.4 Å². The number of benzene rings is 2. The van der Waals surface area contributed by atoms with Gasteiger partial charge >= 0.3 is 0 Å². The van der Waals surface area contributed by atoms with Crippen molar-refractivity contribution in [3.63, 3.8) is 0 Å². The summed E-state index contributed by atoms with van der Waals surface area (Å²) in [6.07, 6.45) is 0.844. The molecule has 0 radical (unpaired) electrons. The van der Waals surface area contributed by atoms with Crippen molar-refractivity contribution in [2.75, 3.05) is 27.4 Å². The van der Waals surface area contributed by atoms with E-state index in [4.69, 9.17) is 14.6 Å². The van der Waals surface area contributed by atoms with Gasteiger partial charge in [-0.1, -0.05) is 24.3 Å². The van der Waals surface area contributed by atoms with Gasteiger partial charge in [0.2, 0.25) is 0 Å². The van der Waals surface area contributed by atoms with Crippen LogP contribution in [0.15, 0.2) is 48.5 Å². The Bertz CT molecular complexity index is 557. The van der Waals surface area contributed by atoms with Crippen molar-refractivity contribution in [2.45, 2.75) is 12.5 Å². The minimum Gasteiger partial charge on any atom is -0.497 e. The monoisotopic (exact) mass is 337 g/mol. The molecule has 5 heteroatoms. The van der Waals surface area contributed by atoms with E-state index in [9.17, 15) is 0 Å². The fourth-order valence-corrected chi connectivity index (χ4v) is 2.38. The van der Waals surface area contributed by atoms with Gasteiger partial charge < -0.3 is 19.9 Å². The number of aliphatic hydroxyl groups is 1. The van der Waals surface area contributed by atoms with Gasteiger partial charge in [0, 0.05) is 12.6 Å². The Labute approximate surface area is 143 Å². The first-order valence-electron chi connectivity index (χ1n) is 7.38. The summed E-state index contributed by atoms with van der Waals surface area (Å²) in [5, 5.41) is 12.5. The van der Waals surface area contributed by atoms with Crippen LogP contribution in [0.5, 0.6) is 11.5 Å². The highest BCUT2D eigenvalue weighted by Gasteiger charge is 2.12. The zero-order chi connectivity index (χ0) is 15.8. The first-order valence-corrected chi connectivity index (χ1v) is 7.38. The number of rotatable bonds is 8. The Morgan fingerprint density at radius 1 is 0.913 bits per heavy atom. The predicted molar refractivity (Wildman–Crippen MR) is 94.8 cm³/mol. The molecule has 0 bridgehead atoms. The molecule has 0 amide bonds. The van der Waals surface area contributed by atoms with Gasteiger partial charge in [-0.05, 0) is 41.8 Å². The third-order valence-corrected chi connectivity index (χ3v) is 3.62. The van der Waals surface area contributed by atoms with Gasteiger partial charge in [-0.25, -0.2) is 0 Å². The smallest absolute Gasteiger partial charge is 0.118 e. The average molecular weight is 338 g/mol. The summed E-state index contributed by atoms with van der Waals surface area (Å²) in [5.41, 5.74) is 2.39. The van der Waals surface area contributed by atoms with Crippen LogP contribution in [0.2, 0.25) is 0 Å². The van der Waals surface area contributed by atoms with E-state index in [1.54, 1.807) is 14.2 Å². The number of aliphatic hydroxyl groups excluding tert-OH is 1. The highest BCUT2D eigenvalue weighted by atomic mass is 35.5. The molecule has 0 aliphatic rings. The normalized spacial score (nSPS) is 11.4. The standard InChI is InChI=1S/C18H23NO3.ClH/c1-21-16-7-3-14(4-8-16)13-18(19-11-12-20)15-5-9-17(22-2)10-6-15;/h3-10,18-20H,11-13H2,1-2H3;1H. The van der Waals surface area contributed by atoms with Crippen LogP contribution in [0.25, 0.3) is 0 Å². The van der Waals surface area contributed by atoms with Crippen molar-refractivity contribution in [3.05, 3.63) is 59.7 Å².